The van der Waals surface area contributed by atoms with Crippen LogP contribution >= 0.6 is 0 Å². The zero-order valence-corrected chi connectivity index (χ0v) is 9.91. The Bertz CT molecular complexity index is 410. The summed E-state index contributed by atoms with van der Waals surface area (Å²) in [5, 5.41) is 13.7. The summed E-state index contributed by atoms with van der Waals surface area (Å²) in [6.45, 7) is 3.61. The van der Waals surface area contributed by atoms with E-state index < -0.39 is 5.97 Å². The number of carbonyl (C=O) groups excluding carboxylic acids is 1. The molecular weight excluding hydrogens is 220 g/mol. The summed E-state index contributed by atoms with van der Waals surface area (Å²) in [6, 6.07) is 5.84. The minimum atomic E-state index is -1.05. The Balaban J connectivity index is 2.50. The molecule has 92 valence electrons. The van der Waals surface area contributed by atoms with Crippen LogP contribution in [0.5, 0.6) is 0 Å². The minimum absolute atomic E-state index is 0.0684. The highest BCUT2D eigenvalue weighted by Gasteiger charge is 2.06. The lowest BCUT2D eigenvalue weighted by atomic mass is 10.1. The van der Waals surface area contributed by atoms with E-state index in [4.69, 9.17) is 5.11 Å². The number of carbonyl (C=O) groups is 2. The lowest BCUT2D eigenvalue weighted by Gasteiger charge is -2.12. The maximum Gasteiger partial charge on any atom is 0.322 e. The molecule has 0 aromatic heterocycles. The van der Waals surface area contributed by atoms with Crippen LogP contribution in [0.2, 0.25) is 0 Å². The van der Waals surface area contributed by atoms with Crippen LogP contribution in [0.1, 0.15) is 11.1 Å². The van der Waals surface area contributed by atoms with Crippen molar-refractivity contribution in [1.29, 1.82) is 0 Å². The monoisotopic (exact) mass is 236 g/mol. The van der Waals surface area contributed by atoms with Crippen molar-refractivity contribution >= 4 is 17.6 Å². The predicted octanol–water partition coefficient (Wildman–Crippen LogP) is 0.916. The highest BCUT2D eigenvalue weighted by Crippen LogP contribution is 2.18. The number of carboxylic acids is 1. The topological polar surface area (TPSA) is 78.4 Å². The fourth-order valence-corrected chi connectivity index (χ4v) is 1.50. The highest BCUT2D eigenvalue weighted by molar-refractivity contribution is 5.84. The van der Waals surface area contributed by atoms with Gasteiger partial charge in [0.05, 0.1) is 6.54 Å². The van der Waals surface area contributed by atoms with Crippen molar-refractivity contribution in [2.24, 2.45) is 0 Å². The number of amides is 1. The van der Waals surface area contributed by atoms with Gasteiger partial charge < -0.3 is 15.7 Å². The van der Waals surface area contributed by atoms with Crippen LogP contribution in [0.15, 0.2) is 18.2 Å². The number of hydrogen-bond donors (Lipinski definition) is 3. The molecule has 17 heavy (non-hydrogen) atoms. The second-order valence-electron chi connectivity index (χ2n) is 3.79. The molecule has 0 fully saturated rings. The molecule has 0 bridgehead atoms. The van der Waals surface area contributed by atoms with Gasteiger partial charge in [-0.05, 0) is 25.0 Å². The van der Waals surface area contributed by atoms with Crippen molar-refractivity contribution < 1.29 is 14.7 Å². The van der Waals surface area contributed by atoms with Gasteiger partial charge in [0.1, 0.15) is 6.54 Å². The van der Waals surface area contributed by atoms with Gasteiger partial charge in [0.15, 0.2) is 0 Å². The summed E-state index contributed by atoms with van der Waals surface area (Å²) in [6.07, 6.45) is 0. The number of benzene rings is 1. The third-order valence-corrected chi connectivity index (χ3v) is 2.34. The Labute approximate surface area is 99.8 Å². The molecule has 0 radical (unpaired) electrons. The Kier molecular flexibility index (Phi) is 4.51. The van der Waals surface area contributed by atoms with Gasteiger partial charge in [-0.3, -0.25) is 9.59 Å². The first kappa shape index (κ1) is 13.0. The summed E-state index contributed by atoms with van der Waals surface area (Å²) in [4.78, 5) is 21.6. The van der Waals surface area contributed by atoms with Crippen molar-refractivity contribution in [3.05, 3.63) is 29.3 Å². The number of hydrogen-bond acceptors (Lipinski definition) is 3. The molecule has 0 saturated carbocycles. The van der Waals surface area contributed by atoms with E-state index in [-0.39, 0.29) is 19.0 Å². The number of carboxylic acid groups (broad SMARTS) is 1. The smallest absolute Gasteiger partial charge is 0.322 e. The second kappa shape index (κ2) is 5.89. The minimum Gasteiger partial charge on any atom is -0.480 e. The molecule has 3 N–H and O–H groups in total. The van der Waals surface area contributed by atoms with Gasteiger partial charge >= 0.3 is 5.97 Å². The van der Waals surface area contributed by atoms with Crippen LogP contribution in [-0.4, -0.2) is 30.1 Å². The van der Waals surface area contributed by atoms with E-state index >= 15 is 0 Å². The Morgan fingerprint density at radius 3 is 2.29 bits per heavy atom. The molecule has 0 aliphatic heterocycles. The van der Waals surface area contributed by atoms with E-state index in [1.807, 2.05) is 32.0 Å². The van der Waals surface area contributed by atoms with Gasteiger partial charge in [0, 0.05) is 5.69 Å². The lowest BCUT2D eigenvalue weighted by Crippen LogP contribution is -2.34. The number of anilines is 1. The van der Waals surface area contributed by atoms with Gasteiger partial charge in [-0.2, -0.15) is 0 Å². The summed E-state index contributed by atoms with van der Waals surface area (Å²) in [5.74, 6) is -1.39. The Morgan fingerprint density at radius 2 is 1.76 bits per heavy atom. The number of aliphatic carboxylic acids is 1. The molecule has 1 rings (SSSR count). The molecule has 0 spiro atoms. The van der Waals surface area contributed by atoms with E-state index in [2.05, 4.69) is 10.6 Å². The van der Waals surface area contributed by atoms with Crippen LogP contribution in [0.4, 0.5) is 5.69 Å². The fraction of sp³-hybridized carbons (Fsp3) is 0.333. The van der Waals surface area contributed by atoms with Gasteiger partial charge in [-0.15, -0.1) is 0 Å². The first-order chi connectivity index (χ1) is 8.00. The molecule has 0 aliphatic rings. The van der Waals surface area contributed by atoms with Crippen LogP contribution in [0.3, 0.4) is 0 Å². The Hall–Kier alpha value is -2.04. The van der Waals surface area contributed by atoms with Crippen molar-refractivity contribution in [2.75, 3.05) is 18.4 Å². The first-order valence-electron chi connectivity index (χ1n) is 5.29. The van der Waals surface area contributed by atoms with Gasteiger partial charge in [-0.1, -0.05) is 18.2 Å². The zero-order chi connectivity index (χ0) is 12.8. The maximum absolute atomic E-state index is 11.3. The van der Waals surface area contributed by atoms with Gasteiger partial charge in [0.25, 0.3) is 0 Å². The average molecular weight is 236 g/mol. The van der Waals surface area contributed by atoms with Crippen molar-refractivity contribution in [2.45, 2.75) is 13.8 Å². The van der Waals surface area contributed by atoms with E-state index in [0.717, 1.165) is 16.8 Å². The normalized spacial score (nSPS) is 9.76. The van der Waals surface area contributed by atoms with Crippen molar-refractivity contribution in [1.82, 2.24) is 5.32 Å². The lowest BCUT2D eigenvalue weighted by molar-refractivity contribution is -0.137. The molecule has 0 heterocycles. The predicted molar refractivity (Wildman–Crippen MR) is 65.1 cm³/mol. The molecular formula is C12H16N2O3. The number of aryl methyl sites for hydroxylation is 2. The highest BCUT2D eigenvalue weighted by atomic mass is 16.4. The van der Waals surface area contributed by atoms with E-state index in [1.54, 1.807) is 0 Å². The molecule has 5 nitrogen and oxygen atoms in total. The van der Waals surface area contributed by atoms with Crippen LogP contribution in [0, 0.1) is 13.8 Å². The maximum atomic E-state index is 11.3. The summed E-state index contributed by atoms with van der Waals surface area (Å²) in [5.41, 5.74) is 3.02. The molecule has 1 amide bonds. The molecule has 0 saturated heterocycles. The standard InChI is InChI=1S/C12H16N2O3/c1-8-4-3-5-9(2)12(8)14-6-10(15)13-7-11(16)17/h3-5,14H,6-7H2,1-2H3,(H,13,15)(H,16,17). The van der Waals surface area contributed by atoms with E-state index in [0.29, 0.717) is 0 Å². The first-order valence-corrected chi connectivity index (χ1v) is 5.29. The summed E-state index contributed by atoms with van der Waals surface area (Å²) in [7, 11) is 0. The third-order valence-electron chi connectivity index (χ3n) is 2.34. The number of rotatable bonds is 5. The van der Waals surface area contributed by atoms with Gasteiger partial charge in [-0.25, -0.2) is 0 Å². The second-order valence-corrected chi connectivity index (χ2v) is 3.79. The summed E-state index contributed by atoms with van der Waals surface area (Å²) < 4.78 is 0. The molecule has 0 atom stereocenters. The average Bonchev–Trinajstić information content (AvgIpc) is 2.25. The van der Waals surface area contributed by atoms with Crippen molar-refractivity contribution in [3.63, 3.8) is 0 Å². The van der Waals surface area contributed by atoms with Crippen molar-refractivity contribution in [3.8, 4) is 0 Å². The SMILES string of the molecule is Cc1cccc(C)c1NCC(=O)NCC(=O)O. The molecule has 0 unspecified atom stereocenters. The molecule has 0 aliphatic carbocycles. The summed E-state index contributed by atoms with van der Waals surface area (Å²) >= 11 is 0. The Morgan fingerprint density at radius 1 is 1.18 bits per heavy atom. The fourth-order valence-electron chi connectivity index (χ4n) is 1.50. The van der Waals surface area contributed by atoms with E-state index in [9.17, 15) is 9.59 Å². The molecule has 1 aromatic carbocycles. The van der Waals surface area contributed by atoms with Crippen LogP contribution in [-0.2, 0) is 9.59 Å². The third kappa shape index (κ3) is 4.14. The quantitative estimate of drug-likeness (QED) is 0.710. The van der Waals surface area contributed by atoms with E-state index in [1.165, 1.54) is 0 Å². The zero-order valence-electron chi connectivity index (χ0n) is 9.91. The van der Waals surface area contributed by atoms with Gasteiger partial charge in [0.2, 0.25) is 5.91 Å². The number of para-hydroxylation sites is 1. The molecule has 5 heteroatoms. The van der Waals surface area contributed by atoms with Crippen LogP contribution < -0.4 is 10.6 Å². The largest absolute Gasteiger partial charge is 0.480 e. The number of nitrogens with one attached hydrogen (secondary N) is 2. The van der Waals surface area contributed by atoms with Crippen LogP contribution in [0.25, 0.3) is 0 Å². The molecule has 1 aromatic rings.